The van der Waals surface area contributed by atoms with Crippen molar-refractivity contribution in [3.8, 4) is 0 Å². The molecule has 2 fully saturated rings. The summed E-state index contributed by atoms with van der Waals surface area (Å²) in [7, 11) is 0. The highest BCUT2D eigenvalue weighted by Gasteiger charge is 2.38. The number of aryl methyl sites for hydroxylation is 1. The summed E-state index contributed by atoms with van der Waals surface area (Å²) < 4.78 is 5.34. The van der Waals surface area contributed by atoms with Crippen molar-refractivity contribution in [1.82, 2.24) is 15.0 Å². The molecule has 2 atom stereocenters. The van der Waals surface area contributed by atoms with Crippen LogP contribution in [0.4, 0.5) is 0 Å². The van der Waals surface area contributed by atoms with Gasteiger partial charge in [-0.3, -0.25) is 9.69 Å². The number of carbonyl (C=O) groups excluding carboxylic acids is 1. The third-order valence-electron chi connectivity index (χ3n) is 4.60. The Morgan fingerprint density at radius 2 is 2.10 bits per heavy atom. The van der Waals surface area contributed by atoms with E-state index in [1.54, 1.807) is 6.92 Å². The fraction of sp³-hybridized carbons (Fsp3) is 0.733. The number of rotatable bonds is 3. The molecule has 3 rings (SSSR count). The van der Waals surface area contributed by atoms with Crippen molar-refractivity contribution in [2.45, 2.75) is 58.2 Å². The molecule has 2 aliphatic rings. The second kappa shape index (κ2) is 5.56. The van der Waals surface area contributed by atoms with Gasteiger partial charge in [0.05, 0.1) is 12.2 Å². The largest absolute Gasteiger partial charge is 0.360 e. The van der Waals surface area contributed by atoms with Gasteiger partial charge < -0.3 is 9.42 Å². The number of likely N-dealkylation sites (tertiary alicyclic amines) is 2. The van der Waals surface area contributed by atoms with Gasteiger partial charge in [0.2, 0.25) is 5.91 Å². The standard InChI is InChI=1S/C15H23N3O2/c1-11-9-13(20-16-11)10-17-7-3-5-14(17)15-6-4-8-18(15)12(2)19/h9,14-15H,3-8,10H2,1-2H3/t14-,15+/m0/s1. The smallest absolute Gasteiger partial charge is 0.219 e. The predicted octanol–water partition coefficient (Wildman–Crippen LogP) is 1.96. The van der Waals surface area contributed by atoms with E-state index in [1.807, 2.05) is 13.0 Å². The van der Waals surface area contributed by atoms with Crippen LogP contribution in [0.15, 0.2) is 10.6 Å². The number of amides is 1. The van der Waals surface area contributed by atoms with Crippen LogP contribution in [-0.4, -0.2) is 46.0 Å². The summed E-state index contributed by atoms with van der Waals surface area (Å²) in [6.07, 6.45) is 4.66. The second-order valence-electron chi connectivity index (χ2n) is 6.04. The summed E-state index contributed by atoms with van der Waals surface area (Å²) >= 11 is 0. The van der Waals surface area contributed by atoms with Crippen LogP contribution in [0, 0.1) is 6.92 Å². The lowest BCUT2D eigenvalue weighted by molar-refractivity contribution is -0.130. The first-order valence-corrected chi connectivity index (χ1v) is 7.58. The summed E-state index contributed by atoms with van der Waals surface area (Å²) in [5.74, 6) is 1.15. The molecule has 0 N–H and O–H groups in total. The molecule has 0 saturated carbocycles. The van der Waals surface area contributed by atoms with Crippen LogP contribution in [-0.2, 0) is 11.3 Å². The molecule has 110 valence electrons. The van der Waals surface area contributed by atoms with E-state index in [4.69, 9.17) is 4.52 Å². The van der Waals surface area contributed by atoms with Gasteiger partial charge in [0.15, 0.2) is 5.76 Å². The van der Waals surface area contributed by atoms with Gasteiger partial charge in [-0.05, 0) is 39.2 Å². The summed E-state index contributed by atoms with van der Waals surface area (Å²) in [6, 6.07) is 2.87. The van der Waals surface area contributed by atoms with Crippen LogP contribution in [0.5, 0.6) is 0 Å². The molecule has 0 aromatic carbocycles. The molecule has 5 heteroatoms. The van der Waals surface area contributed by atoms with E-state index < -0.39 is 0 Å². The van der Waals surface area contributed by atoms with Crippen molar-refractivity contribution >= 4 is 5.91 Å². The zero-order valence-electron chi connectivity index (χ0n) is 12.3. The first kappa shape index (κ1) is 13.6. The first-order chi connectivity index (χ1) is 9.65. The van der Waals surface area contributed by atoms with Gasteiger partial charge in [0, 0.05) is 31.6 Å². The Bertz CT molecular complexity index is 485. The summed E-state index contributed by atoms with van der Waals surface area (Å²) in [5.41, 5.74) is 0.932. The minimum absolute atomic E-state index is 0.217. The highest BCUT2D eigenvalue weighted by atomic mass is 16.5. The molecule has 3 heterocycles. The number of hydrogen-bond donors (Lipinski definition) is 0. The Kier molecular flexibility index (Phi) is 3.78. The number of nitrogens with zero attached hydrogens (tertiary/aromatic N) is 3. The highest BCUT2D eigenvalue weighted by Crippen LogP contribution is 2.31. The minimum Gasteiger partial charge on any atom is -0.360 e. The van der Waals surface area contributed by atoms with Crippen molar-refractivity contribution in [3.05, 3.63) is 17.5 Å². The van der Waals surface area contributed by atoms with Crippen molar-refractivity contribution in [1.29, 1.82) is 0 Å². The molecule has 0 unspecified atom stereocenters. The molecule has 20 heavy (non-hydrogen) atoms. The summed E-state index contributed by atoms with van der Waals surface area (Å²) in [4.78, 5) is 16.3. The van der Waals surface area contributed by atoms with Crippen LogP contribution >= 0.6 is 0 Å². The molecule has 0 radical (unpaired) electrons. The van der Waals surface area contributed by atoms with E-state index in [1.165, 1.54) is 12.8 Å². The average Bonchev–Trinajstić information content (AvgIpc) is 3.09. The first-order valence-electron chi connectivity index (χ1n) is 7.58. The fourth-order valence-corrected chi connectivity index (χ4v) is 3.76. The monoisotopic (exact) mass is 277 g/mol. The van der Waals surface area contributed by atoms with E-state index in [-0.39, 0.29) is 5.91 Å². The Labute approximate surface area is 119 Å². The zero-order chi connectivity index (χ0) is 14.1. The van der Waals surface area contributed by atoms with E-state index in [0.29, 0.717) is 12.1 Å². The number of aromatic nitrogens is 1. The second-order valence-corrected chi connectivity index (χ2v) is 6.04. The third-order valence-corrected chi connectivity index (χ3v) is 4.60. The van der Waals surface area contributed by atoms with Gasteiger partial charge in [-0.15, -0.1) is 0 Å². The van der Waals surface area contributed by atoms with Crippen LogP contribution in [0.25, 0.3) is 0 Å². The average molecular weight is 277 g/mol. The topological polar surface area (TPSA) is 49.6 Å². The van der Waals surface area contributed by atoms with E-state index >= 15 is 0 Å². The number of hydrogen-bond acceptors (Lipinski definition) is 4. The van der Waals surface area contributed by atoms with Crippen molar-refractivity contribution < 1.29 is 9.32 Å². The van der Waals surface area contributed by atoms with Crippen LogP contribution < -0.4 is 0 Å². The van der Waals surface area contributed by atoms with Crippen molar-refractivity contribution in [2.24, 2.45) is 0 Å². The Hall–Kier alpha value is -1.36. The molecular weight excluding hydrogens is 254 g/mol. The molecule has 0 bridgehead atoms. The maximum absolute atomic E-state index is 11.8. The lowest BCUT2D eigenvalue weighted by atomic mass is 10.0. The van der Waals surface area contributed by atoms with Crippen LogP contribution in [0.1, 0.15) is 44.1 Å². The Balaban J connectivity index is 1.70. The van der Waals surface area contributed by atoms with Gasteiger partial charge in [-0.2, -0.15) is 0 Å². The molecule has 1 aromatic heterocycles. The van der Waals surface area contributed by atoms with E-state index in [0.717, 1.165) is 43.9 Å². The molecule has 5 nitrogen and oxygen atoms in total. The quantitative estimate of drug-likeness (QED) is 0.847. The van der Waals surface area contributed by atoms with Gasteiger partial charge in [-0.25, -0.2) is 0 Å². The normalized spacial score (nSPS) is 27.4. The van der Waals surface area contributed by atoms with E-state index in [2.05, 4.69) is 15.0 Å². The molecule has 0 aliphatic carbocycles. The highest BCUT2D eigenvalue weighted by molar-refractivity contribution is 5.74. The number of carbonyl (C=O) groups is 1. The van der Waals surface area contributed by atoms with Gasteiger partial charge in [0.1, 0.15) is 0 Å². The molecule has 1 amide bonds. The molecule has 2 saturated heterocycles. The van der Waals surface area contributed by atoms with Gasteiger partial charge >= 0.3 is 0 Å². The molecule has 2 aliphatic heterocycles. The SMILES string of the molecule is CC(=O)N1CCC[C@@H]1[C@@H]1CCCN1Cc1cc(C)no1. The van der Waals surface area contributed by atoms with Crippen LogP contribution in [0.2, 0.25) is 0 Å². The van der Waals surface area contributed by atoms with Crippen molar-refractivity contribution in [2.75, 3.05) is 13.1 Å². The van der Waals surface area contributed by atoms with Gasteiger partial charge in [0.25, 0.3) is 0 Å². The van der Waals surface area contributed by atoms with Crippen molar-refractivity contribution in [3.63, 3.8) is 0 Å². The van der Waals surface area contributed by atoms with Gasteiger partial charge in [-0.1, -0.05) is 5.16 Å². The Morgan fingerprint density at radius 3 is 2.80 bits per heavy atom. The third kappa shape index (κ3) is 2.59. The fourth-order valence-electron chi connectivity index (χ4n) is 3.76. The summed E-state index contributed by atoms with van der Waals surface area (Å²) in [5, 5.41) is 3.96. The molecule has 0 spiro atoms. The maximum Gasteiger partial charge on any atom is 0.219 e. The van der Waals surface area contributed by atoms with E-state index in [9.17, 15) is 4.79 Å². The van der Waals surface area contributed by atoms with Crippen LogP contribution in [0.3, 0.4) is 0 Å². The molecule has 1 aromatic rings. The lowest BCUT2D eigenvalue weighted by Crippen LogP contribution is -2.47. The minimum atomic E-state index is 0.217. The summed E-state index contributed by atoms with van der Waals surface area (Å²) in [6.45, 7) is 6.46. The molecular formula is C15H23N3O2. The maximum atomic E-state index is 11.8. The zero-order valence-corrected chi connectivity index (χ0v) is 12.3. The predicted molar refractivity (Wildman–Crippen MR) is 75.1 cm³/mol. The lowest BCUT2D eigenvalue weighted by Gasteiger charge is -2.34. The Morgan fingerprint density at radius 1 is 1.35 bits per heavy atom.